The summed E-state index contributed by atoms with van der Waals surface area (Å²) in [7, 11) is 1.87. The molecule has 3 nitrogen and oxygen atoms in total. The minimum absolute atomic E-state index is 0.134. The largest absolute Gasteiger partial charge is 0.393 e. The molecule has 1 amide bonds. The third-order valence-corrected chi connectivity index (χ3v) is 5.29. The summed E-state index contributed by atoms with van der Waals surface area (Å²) in [5.41, 5.74) is 0. The average molecular weight is 346 g/mol. The van der Waals surface area contributed by atoms with Crippen LogP contribution in [0.15, 0.2) is 15.9 Å². The Bertz CT molecular complexity index is 429. The summed E-state index contributed by atoms with van der Waals surface area (Å²) in [6.45, 7) is 0.792. The van der Waals surface area contributed by atoms with Crippen LogP contribution in [0.4, 0.5) is 0 Å². The second kappa shape index (κ2) is 6.86. The van der Waals surface area contributed by atoms with Gasteiger partial charge in [-0.3, -0.25) is 4.79 Å². The molecule has 1 fully saturated rings. The monoisotopic (exact) mass is 345 g/mol. The SMILES string of the molecule is CN(CC1CC(O)C1)C(=O)CCCc1ccc(Br)s1. The minimum Gasteiger partial charge on any atom is -0.393 e. The van der Waals surface area contributed by atoms with Gasteiger partial charge in [-0.15, -0.1) is 11.3 Å². The molecule has 0 bridgehead atoms. The van der Waals surface area contributed by atoms with E-state index in [-0.39, 0.29) is 12.0 Å². The topological polar surface area (TPSA) is 40.5 Å². The van der Waals surface area contributed by atoms with Crippen molar-refractivity contribution in [1.82, 2.24) is 4.90 Å². The number of hydrogen-bond acceptors (Lipinski definition) is 3. The number of nitrogens with zero attached hydrogens (tertiary/aromatic N) is 1. The van der Waals surface area contributed by atoms with Crippen molar-refractivity contribution in [2.75, 3.05) is 13.6 Å². The normalized spacial score (nSPS) is 22.1. The van der Waals surface area contributed by atoms with E-state index in [1.807, 2.05) is 11.9 Å². The van der Waals surface area contributed by atoms with Gasteiger partial charge in [-0.05, 0) is 59.7 Å². The van der Waals surface area contributed by atoms with E-state index in [9.17, 15) is 9.90 Å². The van der Waals surface area contributed by atoms with Crippen LogP contribution in [0.1, 0.15) is 30.6 Å². The van der Waals surface area contributed by atoms with Gasteiger partial charge in [0.1, 0.15) is 0 Å². The Morgan fingerprint density at radius 2 is 2.26 bits per heavy atom. The van der Waals surface area contributed by atoms with Gasteiger partial charge >= 0.3 is 0 Å². The van der Waals surface area contributed by atoms with E-state index in [1.165, 1.54) is 4.88 Å². The van der Waals surface area contributed by atoms with Crippen LogP contribution in [0.25, 0.3) is 0 Å². The maximum absolute atomic E-state index is 12.0. The molecule has 1 heterocycles. The molecule has 0 aliphatic heterocycles. The second-order valence-corrected chi connectivity index (χ2v) is 7.87. The van der Waals surface area contributed by atoms with Crippen molar-refractivity contribution in [2.45, 2.75) is 38.2 Å². The highest BCUT2D eigenvalue weighted by molar-refractivity contribution is 9.11. The lowest BCUT2D eigenvalue weighted by molar-refractivity contribution is -0.131. The molecule has 0 unspecified atom stereocenters. The smallest absolute Gasteiger partial charge is 0.222 e. The summed E-state index contributed by atoms with van der Waals surface area (Å²) < 4.78 is 1.15. The molecule has 5 heteroatoms. The van der Waals surface area contributed by atoms with Crippen molar-refractivity contribution in [3.63, 3.8) is 0 Å². The van der Waals surface area contributed by atoms with Gasteiger partial charge < -0.3 is 10.0 Å². The first-order valence-corrected chi connectivity index (χ1v) is 8.32. The number of aliphatic hydroxyl groups is 1. The number of halogens is 1. The summed E-state index contributed by atoms with van der Waals surface area (Å²) >= 11 is 5.18. The third-order valence-electron chi connectivity index (χ3n) is 3.61. The van der Waals surface area contributed by atoms with Gasteiger partial charge in [0.05, 0.1) is 9.89 Å². The third kappa shape index (κ3) is 4.58. The Hall–Kier alpha value is -0.390. The molecule has 0 aromatic carbocycles. The van der Waals surface area contributed by atoms with E-state index in [4.69, 9.17) is 0 Å². The van der Waals surface area contributed by atoms with Crippen molar-refractivity contribution in [2.24, 2.45) is 5.92 Å². The summed E-state index contributed by atoms with van der Waals surface area (Å²) in [5.74, 6) is 0.717. The Balaban J connectivity index is 1.63. The molecule has 1 N–H and O–H groups in total. The number of rotatable bonds is 6. The van der Waals surface area contributed by atoms with Crippen LogP contribution in [0.5, 0.6) is 0 Å². The lowest BCUT2D eigenvalue weighted by atomic mass is 9.82. The molecule has 1 aromatic rings. The quantitative estimate of drug-likeness (QED) is 0.860. The fourth-order valence-corrected chi connectivity index (χ4v) is 3.95. The Morgan fingerprint density at radius 1 is 1.53 bits per heavy atom. The summed E-state index contributed by atoms with van der Waals surface area (Å²) in [6, 6.07) is 4.16. The van der Waals surface area contributed by atoms with E-state index in [2.05, 4.69) is 28.1 Å². The van der Waals surface area contributed by atoms with Crippen LogP contribution in [0.2, 0.25) is 0 Å². The van der Waals surface area contributed by atoms with Crippen LogP contribution in [0, 0.1) is 5.92 Å². The van der Waals surface area contributed by atoms with Crippen LogP contribution in [-0.2, 0) is 11.2 Å². The molecule has 0 saturated heterocycles. The highest BCUT2D eigenvalue weighted by atomic mass is 79.9. The lowest BCUT2D eigenvalue weighted by Gasteiger charge is -2.34. The Kier molecular flexibility index (Phi) is 5.42. The molecule has 1 aromatic heterocycles. The summed E-state index contributed by atoms with van der Waals surface area (Å²) in [6.07, 6.45) is 4.05. The zero-order valence-electron chi connectivity index (χ0n) is 11.1. The molecule has 0 atom stereocenters. The number of thiophene rings is 1. The molecule has 1 aliphatic carbocycles. The van der Waals surface area contributed by atoms with E-state index in [0.717, 1.165) is 36.0 Å². The van der Waals surface area contributed by atoms with E-state index < -0.39 is 0 Å². The van der Waals surface area contributed by atoms with Gasteiger partial charge in [0.2, 0.25) is 5.91 Å². The first-order valence-electron chi connectivity index (χ1n) is 6.71. The van der Waals surface area contributed by atoms with Crippen LogP contribution in [-0.4, -0.2) is 35.6 Å². The lowest BCUT2D eigenvalue weighted by Crippen LogP contribution is -2.39. The molecular weight excluding hydrogens is 326 g/mol. The summed E-state index contributed by atoms with van der Waals surface area (Å²) in [5, 5.41) is 9.23. The number of carbonyl (C=O) groups is 1. The van der Waals surface area contributed by atoms with Crippen molar-refractivity contribution < 1.29 is 9.90 Å². The number of carbonyl (C=O) groups excluding carboxylic acids is 1. The Morgan fingerprint density at radius 3 is 2.84 bits per heavy atom. The first kappa shape index (κ1) is 15.0. The molecule has 19 heavy (non-hydrogen) atoms. The van der Waals surface area contributed by atoms with Gasteiger partial charge in [0.25, 0.3) is 0 Å². The molecule has 2 rings (SSSR count). The highest BCUT2D eigenvalue weighted by Crippen LogP contribution is 2.28. The van der Waals surface area contributed by atoms with Crippen molar-refractivity contribution in [1.29, 1.82) is 0 Å². The van der Waals surface area contributed by atoms with Crippen LogP contribution < -0.4 is 0 Å². The highest BCUT2D eigenvalue weighted by Gasteiger charge is 2.28. The van der Waals surface area contributed by atoms with Crippen LogP contribution in [0.3, 0.4) is 0 Å². The second-order valence-electron chi connectivity index (χ2n) is 5.32. The van der Waals surface area contributed by atoms with Crippen molar-refractivity contribution in [3.8, 4) is 0 Å². The standard InChI is InChI=1S/C14H20BrNO2S/c1-16(9-10-7-11(17)8-10)14(18)4-2-3-12-5-6-13(15)19-12/h5-6,10-11,17H,2-4,7-9H2,1H3. The predicted molar refractivity (Wildman–Crippen MR) is 81.3 cm³/mol. The first-order chi connectivity index (χ1) is 9.04. The number of amides is 1. The van der Waals surface area contributed by atoms with Gasteiger partial charge in [-0.25, -0.2) is 0 Å². The predicted octanol–water partition coefficient (Wildman–Crippen LogP) is 3.06. The number of aliphatic hydroxyl groups excluding tert-OH is 1. The molecule has 1 aliphatic rings. The van der Waals surface area contributed by atoms with Crippen molar-refractivity contribution in [3.05, 3.63) is 20.8 Å². The molecule has 0 radical (unpaired) electrons. The van der Waals surface area contributed by atoms with Gasteiger partial charge in [-0.2, -0.15) is 0 Å². The van der Waals surface area contributed by atoms with E-state index in [0.29, 0.717) is 12.3 Å². The zero-order chi connectivity index (χ0) is 13.8. The maximum atomic E-state index is 12.0. The van der Waals surface area contributed by atoms with Gasteiger partial charge in [0.15, 0.2) is 0 Å². The van der Waals surface area contributed by atoms with Crippen LogP contribution >= 0.6 is 27.3 Å². The maximum Gasteiger partial charge on any atom is 0.222 e. The van der Waals surface area contributed by atoms with Gasteiger partial charge in [0, 0.05) is 24.9 Å². The molecule has 0 spiro atoms. The Labute approximate surface area is 126 Å². The number of hydrogen-bond donors (Lipinski definition) is 1. The zero-order valence-corrected chi connectivity index (χ0v) is 13.5. The van der Waals surface area contributed by atoms with E-state index >= 15 is 0 Å². The average Bonchev–Trinajstić information content (AvgIpc) is 2.73. The number of aryl methyl sites for hydroxylation is 1. The molecule has 106 valence electrons. The molecule has 1 saturated carbocycles. The fraction of sp³-hybridized carbons (Fsp3) is 0.643. The summed E-state index contributed by atoms with van der Waals surface area (Å²) in [4.78, 5) is 15.1. The van der Waals surface area contributed by atoms with Gasteiger partial charge in [-0.1, -0.05) is 0 Å². The van der Waals surface area contributed by atoms with E-state index in [1.54, 1.807) is 11.3 Å². The fourth-order valence-electron chi connectivity index (χ4n) is 2.43. The molecular formula is C14H20BrNO2S. The minimum atomic E-state index is -0.134. The van der Waals surface area contributed by atoms with Crippen molar-refractivity contribution >= 4 is 33.2 Å².